The number of nitrogens with zero attached hydrogens (tertiary/aromatic N) is 3. The molecule has 0 aliphatic carbocycles. The normalized spacial score (nSPS) is 11.9. The van der Waals surface area contributed by atoms with Gasteiger partial charge in [-0.05, 0) is 41.8 Å². The highest BCUT2D eigenvalue weighted by Crippen LogP contribution is 2.30. The number of carbonyl (C=O) groups is 2. The molecule has 4 aromatic rings. The number of halogens is 2. The van der Waals surface area contributed by atoms with Gasteiger partial charge >= 0.3 is 0 Å². The van der Waals surface area contributed by atoms with E-state index in [1.54, 1.807) is 24.3 Å². The molecule has 246 valence electrons. The molecule has 13 heteroatoms. The van der Waals surface area contributed by atoms with E-state index < -0.39 is 39.3 Å². The number of anilines is 1. The fraction of sp³-hybridized carbons (Fsp3) is 0.235. The molecule has 0 unspecified atom stereocenters. The van der Waals surface area contributed by atoms with Crippen LogP contribution < -0.4 is 9.62 Å². The lowest BCUT2D eigenvalue weighted by molar-refractivity contribution is -0.384. The summed E-state index contributed by atoms with van der Waals surface area (Å²) in [5, 5.41) is 15.0. The van der Waals surface area contributed by atoms with Crippen LogP contribution in [0.25, 0.3) is 0 Å². The highest BCUT2D eigenvalue weighted by atomic mass is 35.5. The summed E-state index contributed by atoms with van der Waals surface area (Å²) < 4.78 is 29.0. The topological polar surface area (TPSA) is 130 Å². The minimum absolute atomic E-state index is 0.0980. The quantitative estimate of drug-likeness (QED) is 0.118. The van der Waals surface area contributed by atoms with Gasteiger partial charge in [-0.25, -0.2) is 8.42 Å². The van der Waals surface area contributed by atoms with Crippen molar-refractivity contribution in [1.29, 1.82) is 0 Å². The molecule has 0 aliphatic rings. The van der Waals surface area contributed by atoms with Crippen LogP contribution in [-0.2, 0) is 32.6 Å². The molecule has 0 heterocycles. The van der Waals surface area contributed by atoms with Gasteiger partial charge in [0.2, 0.25) is 11.8 Å². The predicted octanol–water partition coefficient (Wildman–Crippen LogP) is 6.51. The number of sulfonamides is 1. The van der Waals surface area contributed by atoms with Crippen LogP contribution in [0.5, 0.6) is 0 Å². The molecule has 1 N–H and O–H groups in total. The molecule has 0 radical (unpaired) electrons. The highest BCUT2D eigenvalue weighted by molar-refractivity contribution is 7.92. The van der Waals surface area contributed by atoms with Crippen LogP contribution in [0, 0.1) is 16.0 Å². The average molecular weight is 698 g/mol. The van der Waals surface area contributed by atoms with Crippen LogP contribution in [0.1, 0.15) is 25.0 Å². The van der Waals surface area contributed by atoms with E-state index in [1.165, 1.54) is 47.4 Å². The van der Waals surface area contributed by atoms with Crippen molar-refractivity contribution in [1.82, 2.24) is 10.2 Å². The largest absolute Gasteiger partial charge is 0.354 e. The van der Waals surface area contributed by atoms with Gasteiger partial charge in [0.25, 0.3) is 15.7 Å². The monoisotopic (exact) mass is 696 g/mol. The third-order valence-electron chi connectivity index (χ3n) is 7.28. The fourth-order valence-corrected chi connectivity index (χ4v) is 6.78. The second-order valence-electron chi connectivity index (χ2n) is 11.2. The number of nitro benzene ring substituents is 1. The maximum Gasteiger partial charge on any atom is 0.271 e. The first-order valence-electron chi connectivity index (χ1n) is 14.7. The third-order valence-corrected chi connectivity index (χ3v) is 9.78. The van der Waals surface area contributed by atoms with Crippen molar-refractivity contribution >= 4 is 56.4 Å². The van der Waals surface area contributed by atoms with Crippen molar-refractivity contribution in [3.63, 3.8) is 0 Å². The number of nitro groups is 1. The first-order valence-corrected chi connectivity index (χ1v) is 16.9. The lowest BCUT2D eigenvalue weighted by Gasteiger charge is -2.34. The Balaban J connectivity index is 1.85. The van der Waals surface area contributed by atoms with E-state index >= 15 is 0 Å². The molecular formula is C34H34Cl2N4O6S. The molecule has 0 saturated heterocycles. The lowest BCUT2D eigenvalue weighted by atomic mass is 10.0. The molecule has 0 saturated carbocycles. The van der Waals surface area contributed by atoms with Gasteiger partial charge in [0.05, 0.1) is 15.5 Å². The Morgan fingerprint density at radius 2 is 1.47 bits per heavy atom. The molecule has 0 aliphatic heterocycles. The third kappa shape index (κ3) is 9.09. The smallest absolute Gasteiger partial charge is 0.271 e. The molecule has 4 aromatic carbocycles. The van der Waals surface area contributed by atoms with E-state index in [4.69, 9.17) is 23.2 Å². The van der Waals surface area contributed by atoms with E-state index in [2.05, 4.69) is 5.32 Å². The van der Waals surface area contributed by atoms with Crippen molar-refractivity contribution in [3.05, 3.63) is 134 Å². The summed E-state index contributed by atoms with van der Waals surface area (Å²) in [4.78, 5) is 40.5. The minimum Gasteiger partial charge on any atom is -0.354 e. The number of amides is 2. The number of non-ortho nitro benzene ring substituents is 1. The zero-order valence-corrected chi connectivity index (χ0v) is 28.1. The summed E-state index contributed by atoms with van der Waals surface area (Å²) >= 11 is 13.1. The fourth-order valence-electron chi connectivity index (χ4n) is 4.84. The maximum atomic E-state index is 14.5. The molecule has 1 atom stereocenters. The number of hydrogen-bond donors (Lipinski definition) is 1. The second kappa shape index (κ2) is 15.9. The number of nitrogens with one attached hydrogen (secondary N) is 1. The van der Waals surface area contributed by atoms with Gasteiger partial charge in [-0.2, -0.15) is 0 Å². The zero-order valence-electron chi connectivity index (χ0n) is 25.8. The minimum atomic E-state index is -4.43. The first-order chi connectivity index (χ1) is 22.4. The maximum absolute atomic E-state index is 14.5. The summed E-state index contributed by atoms with van der Waals surface area (Å²) in [6.45, 7) is 3.19. The van der Waals surface area contributed by atoms with Crippen LogP contribution >= 0.6 is 23.2 Å². The Labute approximate surface area is 284 Å². The van der Waals surface area contributed by atoms with Crippen LogP contribution in [-0.4, -0.2) is 49.2 Å². The summed E-state index contributed by atoms with van der Waals surface area (Å²) in [5.41, 5.74) is 0.661. The Kier molecular flexibility index (Phi) is 12.0. The van der Waals surface area contributed by atoms with Crippen molar-refractivity contribution in [2.24, 2.45) is 5.92 Å². The average Bonchev–Trinajstić information content (AvgIpc) is 3.06. The van der Waals surface area contributed by atoms with Crippen LogP contribution in [0.3, 0.4) is 0 Å². The summed E-state index contributed by atoms with van der Waals surface area (Å²) in [5.74, 6) is -1.10. The van der Waals surface area contributed by atoms with Crippen molar-refractivity contribution in [2.75, 3.05) is 17.4 Å². The molecule has 0 fully saturated rings. The van der Waals surface area contributed by atoms with E-state index in [9.17, 15) is 28.1 Å². The molecule has 0 spiro atoms. The number of benzene rings is 4. The predicted molar refractivity (Wildman–Crippen MR) is 183 cm³/mol. The standard InChI is InChI=1S/C34H34Cl2N4O6S/c1-24(2)21-37-34(42)32(19-25-11-5-3-6-12-25)38(22-29-30(35)17-10-18-31(29)36)33(41)23-39(26-13-9-14-27(20-26)40(43)44)47(45,46)28-15-7-4-8-16-28/h3-18,20,24,32H,19,21-23H2,1-2H3,(H,37,42)/t32-/m1/s1. The Bertz CT molecular complexity index is 1800. The van der Waals surface area contributed by atoms with E-state index in [1.807, 2.05) is 44.2 Å². The van der Waals surface area contributed by atoms with Gasteiger partial charge in [0, 0.05) is 47.3 Å². The van der Waals surface area contributed by atoms with E-state index in [0.29, 0.717) is 12.1 Å². The number of rotatable bonds is 14. The van der Waals surface area contributed by atoms with Gasteiger partial charge in [-0.3, -0.25) is 24.0 Å². The Morgan fingerprint density at radius 1 is 0.872 bits per heavy atom. The molecular weight excluding hydrogens is 663 g/mol. The van der Waals surface area contributed by atoms with Crippen molar-refractivity contribution in [2.45, 2.75) is 37.8 Å². The van der Waals surface area contributed by atoms with Crippen LogP contribution in [0.2, 0.25) is 10.0 Å². The van der Waals surface area contributed by atoms with Gasteiger partial charge in [0.1, 0.15) is 12.6 Å². The summed E-state index contributed by atoms with van der Waals surface area (Å²) in [7, 11) is -4.43. The van der Waals surface area contributed by atoms with Crippen LogP contribution in [0.15, 0.2) is 108 Å². The van der Waals surface area contributed by atoms with E-state index in [-0.39, 0.29) is 45.2 Å². The molecule has 2 amide bonds. The zero-order chi connectivity index (χ0) is 34.1. The Morgan fingerprint density at radius 3 is 2.06 bits per heavy atom. The number of carbonyl (C=O) groups excluding carboxylic acids is 2. The van der Waals surface area contributed by atoms with Crippen LogP contribution in [0.4, 0.5) is 11.4 Å². The molecule has 4 rings (SSSR count). The SMILES string of the molecule is CC(C)CNC(=O)[C@@H](Cc1ccccc1)N(Cc1c(Cl)cccc1Cl)C(=O)CN(c1cccc([N+](=O)[O-])c1)S(=O)(=O)c1ccccc1. The molecule has 10 nitrogen and oxygen atoms in total. The van der Waals surface area contributed by atoms with Gasteiger partial charge in [0.15, 0.2) is 0 Å². The van der Waals surface area contributed by atoms with E-state index in [0.717, 1.165) is 15.9 Å². The van der Waals surface area contributed by atoms with Crippen molar-refractivity contribution in [3.8, 4) is 0 Å². The summed E-state index contributed by atoms with van der Waals surface area (Å²) in [6.07, 6.45) is 0.0980. The van der Waals surface area contributed by atoms with Gasteiger partial charge in [-0.1, -0.05) is 97.7 Å². The highest BCUT2D eigenvalue weighted by Gasteiger charge is 2.35. The van der Waals surface area contributed by atoms with Crippen molar-refractivity contribution < 1.29 is 22.9 Å². The van der Waals surface area contributed by atoms with Gasteiger partial charge in [-0.15, -0.1) is 0 Å². The lowest BCUT2D eigenvalue weighted by Crippen LogP contribution is -2.53. The number of hydrogen-bond acceptors (Lipinski definition) is 6. The molecule has 0 aromatic heterocycles. The molecule has 47 heavy (non-hydrogen) atoms. The second-order valence-corrected chi connectivity index (χ2v) is 13.8. The Hall–Kier alpha value is -4.45. The first kappa shape index (κ1) is 35.4. The molecule has 0 bridgehead atoms. The summed E-state index contributed by atoms with van der Waals surface area (Å²) in [6, 6.07) is 25.3. The van der Waals surface area contributed by atoms with Gasteiger partial charge < -0.3 is 10.2 Å².